The van der Waals surface area contributed by atoms with Gasteiger partial charge < -0.3 is 10.0 Å². The SMILES string of the molecule is CC1CN(Cc2ccc(C(=O)O)cn2)CCN1C. The fraction of sp³-hybridized carbons (Fsp3) is 0.538. The summed E-state index contributed by atoms with van der Waals surface area (Å²) >= 11 is 0. The smallest absolute Gasteiger partial charge is 0.337 e. The summed E-state index contributed by atoms with van der Waals surface area (Å²) in [4.78, 5) is 19.6. The summed E-state index contributed by atoms with van der Waals surface area (Å²) in [7, 11) is 2.14. The van der Waals surface area contributed by atoms with Crippen LogP contribution in [0.25, 0.3) is 0 Å². The van der Waals surface area contributed by atoms with Crippen molar-refractivity contribution >= 4 is 5.97 Å². The number of hydrogen-bond donors (Lipinski definition) is 1. The van der Waals surface area contributed by atoms with Crippen LogP contribution in [0.5, 0.6) is 0 Å². The van der Waals surface area contributed by atoms with Gasteiger partial charge in [0.05, 0.1) is 11.3 Å². The zero-order valence-electron chi connectivity index (χ0n) is 10.8. The number of hydrogen-bond acceptors (Lipinski definition) is 4. The van der Waals surface area contributed by atoms with Crippen LogP contribution in [0.15, 0.2) is 18.3 Å². The Morgan fingerprint density at radius 1 is 1.50 bits per heavy atom. The van der Waals surface area contributed by atoms with Crippen LogP contribution in [0, 0.1) is 0 Å². The number of likely N-dealkylation sites (N-methyl/N-ethyl adjacent to an activating group) is 1. The first-order valence-electron chi connectivity index (χ1n) is 6.17. The second kappa shape index (κ2) is 5.46. The quantitative estimate of drug-likeness (QED) is 0.863. The third-order valence-electron chi connectivity index (χ3n) is 3.50. The molecule has 1 atom stereocenters. The van der Waals surface area contributed by atoms with Crippen molar-refractivity contribution in [2.24, 2.45) is 0 Å². The maximum absolute atomic E-state index is 10.7. The minimum absolute atomic E-state index is 0.241. The Balaban J connectivity index is 1.95. The zero-order chi connectivity index (χ0) is 13.1. The van der Waals surface area contributed by atoms with Gasteiger partial charge in [-0.25, -0.2) is 4.79 Å². The number of carboxylic acid groups (broad SMARTS) is 1. The van der Waals surface area contributed by atoms with E-state index in [4.69, 9.17) is 5.11 Å². The van der Waals surface area contributed by atoms with E-state index in [2.05, 4.69) is 28.8 Å². The predicted molar refractivity (Wildman–Crippen MR) is 68.6 cm³/mol. The average Bonchev–Trinajstić information content (AvgIpc) is 2.34. The number of carboxylic acids is 1. The molecular formula is C13H19N3O2. The molecule has 0 bridgehead atoms. The van der Waals surface area contributed by atoms with Gasteiger partial charge in [-0.15, -0.1) is 0 Å². The molecule has 1 aliphatic heterocycles. The van der Waals surface area contributed by atoms with Crippen LogP contribution in [0.1, 0.15) is 23.0 Å². The molecule has 0 spiro atoms. The van der Waals surface area contributed by atoms with E-state index in [-0.39, 0.29) is 5.56 Å². The lowest BCUT2D eigenvalue weighted by molar-refractivity contribution is 0.0696. The largest absolute Gasteiger partial charge is 0.478 e. The molecule has 5 nitrogen and oxygen atoms in total. The highest BCUT2D eigenvalue weighted by Crippen LogP contribution is 2.10. The van der Waals surface area contributed by atoms with E-state index >= 15 is 0 Å². The minimum atomic E-state index is -0.928. The molecule has 0 aromatic carbocycles. The van der Waals surface area contributed by atoms with Crippen LogP contribution < -0.4 is 0 Å². The highest BCUT2D eigenvalue weighted by molar-refractivity contribution is 5.87. The van der Waals surface area contributed by atoms with Crippen molar-refractivity contribution in [3.8, 4) is 0 Å². The van der Waals surface area contributed by atoms with E-state index in [0.29, 0.717) is 6.04 Å². The van der Waals surface area contributed by atoms with Crippen molar-refractivity contribution in [3.05, 3.63) is 29.6 Å². The summed E-state index contributed by atoms with van der Waals surface area (Å²) in [5.74, 6) is -0.928. The van der Waals surface area contributed by atoms with E-state index in [1.54, 1.807) is 12.1 Å². The molecule has 1 saturated heterocycles. The Labute approximate surface area is 107 Å². The standard InChI is InChI=1S/C13H19N3O2/c1-10-8-16(6-5-15(10)2)9-12-4-3-11(7-14-12)13(17)18/h3-4,7,10H,5-6,8-9H2,1-2H3,(H,17,18). The Morgan fingerprint density at radius 3 is 2.83 bits per heavy atom. The van der Waals surface area contributed by atoms with Crippen LogP contribution in [-0.2, 0) is 6.54 Å². The molecule has 1 N–H and O–H groups in total. The van der Waals surface area contributed by atoms with Gasteiger partial charge in [-0.3, -0.25) is 9.88 Å². The molecule has 1 aliphatic rings. The lowest BCUT2D eigenvalue weighted by atomic mass is 10.2. The number of aromatic nitrogens is 1. The normalized spacial score (nSPS) is 22.0. The first-order valence-corrected chi connectivity index (χ1v) is 6.17. The first kappa shape index (κ1) is 13.0. The summed E-state index contributed by atoms with van der Waals surface area (Å²) in [6, 6.07) is 3.97. The van der Waals surface area contributed by atoms with Gasteiger partial charge in [-0.1, -0.05) is 0 Å². The third kappa shape index (κ3) is 3.05. The van der Waals surface area contributed by atoms with Crippen LogP contribution >= 0.6 is 0 Å². The Morgan fingerprint density at radius 2 is 2.28 bits per heavy atom. The molecule has 0 radical (unpaired) electrons. The second-order valence-corrected chi connectivity index (χ2v) is 4.91. The van der Waals surface area contributed by atoms with Crippen molar-refractivity contribution in [2.45, 2.75) is 19.5 Å². The second-order valence-electron chi connectivity index (χ2n) is 4.91. The van der Waals surface area contributed by atoms with Crippen molar-refractivity contribution in [3.63, 3.8) is 0 Å². The third-order valence-corrected chi connectivity index (χ3v) is 3.50. The Kier molecular flexibility index (Phi) is 3.93. The molecule has 0 saturated carbocycles. The Bertz CT molecular complexity index is 419. The summed E-state index contributed by atoms with van der Waals surface area (Å²) in [6.45, 7) is 6.13. The fourth-order valence-corrected chi connectivity index (χ4v) is 2.14. The number of rotatable bonds is 3. The maximum atomic E-state index is 10.7. The van der Waals surface area contributed by atoms with Crippen molar-refractivity contribution in [2.75, 3.05) is 26.7 Å². The highest BCUT2D eigenvalue weighted by atomic mass is 16.4. The molecule has 1 unspecified atom stereocenters. The van der Waals surface area contributed by atoms with Gasteiger partial charge in [-0.2, -0.15) is 0 Å². The number of nitrogens with zero attached hydrogens (tertiary/aromatic N) is 3. The molecule has 1 aromatic heterocycles. The van der Waals surface area contributed by atoms with Gasteiger partial charge in [0.1, 0.15) is 0 Å². The monoisotopic (exact) mass is 249 g/mol. The molecule has 2 heterocycles. The van der Waals surface area contributed by atoms with E-state index < -0.39 is 5.97 Å². The number of carbonyl (C=O) groups is 1. The first-order chi connectivity index (χ1) is 8.56. The molecule has 1 fully saturated rings. The maximum Gasteiger partial charge on any atom is 0.337 e. The van der Waals surface area contributed by atoms with Gasteiger partial charge in [0.25, 0.3) is 0 Å². The number of pyridine rings is 1. The van der Waals surface area contributed by atoms with E-state index in [9.17, 15) is 4.79 Å². The summed E-state index contributed by atoms with van der Waals surface area (Å²) in [6.07, 6.45) is 1.43. The summed E-state index contributed by atoms with van der Waals surface area (Å²) in [5.41, 5.74) is 1.17. The van der Waals surface area contributed by atoms with Gasteiger partial charge in [0.15, 0.2) is 0 Å². The van der Waals surface area contributed by atoms with Crippen LogP contribution in [0.3, 0.4) is 0 Å². The summed E-state index contributed by atoms with van der Waals surface area (Å²) < 4.78 is 0. The molecule has 1 aromatic rings. The van der Waals surface area contributed by atoms with Crippen molar-refractivity contribution in [1.29, 1.82) is 0 Å². The molecule has 0 amide bonds. The van der Waals surface area contributed by atoms with Gasteiger partial charge in [0.2, 0.25) is 0 Å². The molecule has 5 heteroatoms. The Hall–Kier alpha value is -1.46. The van der Waals surface area contributed by atoms with Crippen LogP contribution in [0.4, 0.5) is 0 Å². The number of piperazine rings is 1. The van der Waals surface area contributed by atoms with Gasteiger partial charge in [-0.05, 0) is 26.1 Å². The van der Waals surface area contributed by atoms with E-state index in [1.165, 1.54) is 6.20 Å². The lowest BCUT2D eigenvalue weighted by Crippen LogP contribution is -2.49. The molecular weight excluding hydrogens is 230 g/mol. The molecule has 98 valence electrons. The topological polar surface area (TPSA) is 56.7 Å². The molecule has 2 rings (SSSR count). The summed E-state index contributed by atoms with van der Waals surface area (Å²) in [5, 5.41) is 8.81. The average molecular weight is 249 g/mol. The zero-order valence-corrected chi connectivity index (χ0v) is 10.8. The van der Waals surface area contributed by atoms with Gasteiger partial charge >= 0.3 is 5.97 Å². The van der Waals surface area contributed by atoms with E-state index in [0.717, 1.165) is 31.9 Å². The highest BCUT2D eigenvalue weighted by Gasteiger charge is 2.20. The number of aromatic carboxylic acids is 1. The molecule has 18 heavy (non-hydrogen) atoms. The van der Waals surface area contributed by atoms with Crippen molar-refractivity contribution in [1.82, 2.24) is 14.8 Å². The lowest BCUT2D eigenvalue weighted by Gasteiger charge is -2.37. The van der Waals surface area contributed by atoms with Crippen molar-refractivity contribution < 1.29 is 9.90 Å². The van der Waals surface area contributed by atoms with Crippen LogP contribution in [0.2, 0.25) is 0 Å². The van der Waals surface area contributed by atoms with Crippen LogP contribution in [-0.4, -0.2) is 58.6 Å². The fourth-order valence-electron chi connectivity index (χ4n) is 2.14. The minimum Gasteiger partial charge on any atom is -0.478 e. The van der Waals surface area contributed by atoms with E-state index in [1.807, 2.05) is 0 Å². The van der Waals surface area contributed by atoms with Gasteiger partial charge in [0, 0.05) is 38.4 Å². The predicted octanol–water partition coefficient (Wildman–Crippen LogP) is 0.916. The molecule has 0 aliphatic carbocycles.